The Hall–Kier alpha value is -1.45. The van der Waals surface area contributed by atoms with E-state index in [9.17, 15) is 22.3 Å². The minimum atomic E-state index is -4.80. The molecule has 0 bridgehead atoms. The van der Waals surface area contributed by atoms with E-state index >= 15 is 0 Å². The van der Waals surface area contributed by atoms with Crippen LogP contribution in [0.25, 0.3) is 0 Å². The largest absolute Gasteiger partial charge is 0.494 e. The van der Waals surface area contributed by atoms with E-state index in [1.54, 1.807) is 13.8 Å². The Balaban J connectivity index is 3.03. The van der Waals surface area contributed by atoms with E-state index in [1.165, 1.54) is 24.3 Å². The first kappa shape index (κ1) is 18.6. The molecular formula is C13H18F3NO4S. The van der Waals surface area contributed by atoms with Crippen molar-refractivity contribution < 1.29 is 31.3 Å². The molecule has 0 aromatic heterocycles. The van der Waals surface area contributed by atoms with Gasteiger partial charge < -0.3 is 4.74 Å². The number of alkyl halides is 3. The van der Waals surface area contributed by atoms with E-state index in [1.807, 2.05) is 0 Å². The second-order valence-electron chi connectivity index (χ2n) is 4.28. The summed E-state index contributed by atoms with van der Waals surface area (Å²) in [5.74, 6) is 0.231. The lowest BCUT2D eigenvalue weighted by molar-refractivity contribution is -0.0597. The molecule has 0 saturated carbocycles. The van der Waals surface area contributed by atoms with Crippen molar-refractivity contribution in [1.29, 1.82) is 0 Å². The summed E-state index contributed by atoms with van der Waals surface area (Å²) in [5, 5.41) is 2.92. The Labute approximate surface area is 128 Å². The van der Waals surface area contributed by atoms with Crippen LogP contribution in [0.15, 0.2) is 29.4 Å². The summed E-state index contributed by atoms with van der Waals surface area (Å²) in [5.41, 5.74) is -1.60. The SMILES string of the molecule is CCCS(O)(O)O/N=C(/c1ccc(OCC)cc1)C(F)(F)F. The number of ether oxygens (including phenoxy) is 1. The number of benzene rings is 1. The summed E-state index contributed by atoms with van der Waals surface area (Å²) in [6, 6.07) is 5.08. The lowest BCUT2D eigenvalue weighted by atomic mass is 10.1. The summed E-state index contributed by atoms with van der Waals surface area (Å²) < 4.78 is 67.3. The van der Waals surface area contributed by atoms with Gasteiger partial charge in [0.15, 0.2) is 16.6 Å². The summed E-state index contributed by atoms with van der Waals surface area (Å²) in [6.07, 6.45) is -4.46. The Morgan fingerprint density at radius 1 is 1.18 bits per heavy atom. The zero-order valence-electron chi connectivity index (χ0n) is 12.1. The summed E-state index contributed by atoms with van der Waals surface area (Å²) >= 11 is 0. The van der Waals surface area contributed by atoms with Crippen LogP contribution < -0.4 is 4.74 Å². The maximum absolute atomic E-state index is 13.0. The third-order valence-electron chi connectivity index (χ3n) is 2.43. The molecule has 0 fully saturated rings. The second-order valence-corrected chi connectivity index (χ2v) is 6.05. The first-order valence-corrected chi connectivity index (χ1v) is 8.16. The molecule has 0 saturated heterocycles. The molecule has 0 aliphatic carbocycles. The zero-order valence-corrected chi connectivity index (χ0v) is 12.9. The van der Waals surface area contributed by atoms with Gasteiger partial charge in [0.05, 0.1) is 12.4 Å². The minimum Gasteiger partial charge on any atom is -0.494 e. The van der Waals surface area contributed by atoms with Gasteiger partial charge in [0, 0.05) is 5.56 Å². The third kappa shape index (κ3) is 5.74. The molecule has 0 atom stereocenters. The van der Waals surface area contributed by atoms with Gasteiger partial charge in [0.25, 0.3) is 0 Å². The number of oxime groups is 1. The zero-order chi connectivity index (χ0) is 16.8. The standard InChI is InChI=1S/C13H18F3NO4S/c1-3-9-22(18,19)21-17-12(13(14,15)16)10-5-7-11(8-6-10)20-4-2/h5-8,18-19H,3-4,9H2,1-2H3/b17-12-. The van der Waals surface area contributed by atoms with Crippen LogP contribution >= 0.6 is 10.9 Å². The lowest BCUT2D eigenvalue weighted by Gasteiger charge is -2.23. The van der Waals surface area contributed by atoms with Gasteiger partial charge in [-0.2, -0.15) is 13.2 Å². The predicted molar refractivity (Wildman–Crippen MR) is 79.3 cm³/mol. The van der Waals surface area contributed by atoms with Crippen LogP contribution in [0.3, 0.4) is 0 Å². The second kappa shape index (κ2) is 7.70. The fourth-order valence-corrected chi connectivity index (χ4v) is 2.34. The Kier molecular flexibility index (Phi) is 6.51. The molecule has 22 heavy (non-hydrogen) atoms. The van der Waals surface area contributed by atoms with Crippen LogP contribution in [-0.4, -0.2) is 33.4 Å². The normalized spacial score (nSPS) is 13.9. The average Bonchev–Trinajstić information content (AvgIpc) is 2.39. The fourth-order valence-electron chi connectivity index (χ4n) is 1.54. The van der Waals surface area contributed by atoms with Crippen LogP contribution in [0, 0.1) is 0 Å². The maximum atomic E-state index is 13.0. The van der Waals surface area contributed by atoms with Crippen molar-refractivity contribution in [1.82, 2.24) is 0 Å². The van der Waals surface area contributed by atoms with Gasteiger partial charge in [-0.05, 0) is 37.6 Å². The molecule has 1 aromatic rings. The molecule has 0 radical (unpaired) electrons. The van der Waals surface area contributed by atoms with Crippen molar-refractivity contribution in [3.63, 3.8) is 0 Å². The molecule has 126 valence electrons. The molecule has 0 spiro atoms. The van der Waals surface area contributed by atoms with Gasteiger partial charge in [-0.3, -0.25) is 13.4 Å². The van der Waals surface area contributed by atoms with Crippen molar-refractivity contribution in [3.05, 3.63) is 29.8 Å². The predicted octanol–water partition coefficient (Wildman–Crippen LogP) is 4.44. The van der Waals surface area contributed by atoms with Crippen molar-refractivity contribution in [2.24, 2.45) is 5.16 Å². The molecule has 0 aliphatic rings. The quantitative estimate of drug-likeness (QED) is 0.568. The molecule has 1 rings (SSSR count). The summed E-state index contributed by atoms with van der Waals surface area (Å²) in [7, 11) is -3.62. The van der Waals surface area contributed by atoms with Gasteiger partial charge in [0.2, 0.25) is 0 Å². The van der Waals surface area contributed by atoms with Gasteiger partial charge >= 0.3 is 6.18 Å². The van der Waals surface area contributed by atoms with Crippen LogP contribution in [0.2, 0.25) is 0 Å². The molecule has 1 aromatic carbocycles. The van der Waals surface area contributed by atoms with E-state index in [4.69, 9.17) is 4.74 Å². The minimum absolute atomic E-state index is 0.190. The van der Waals surface area contributed by atoms with Gasteiger partial charge in [-0.25, -0.2) is 0 Å². The molecule has 0 amide bonds. The van der Waals surface area contributed by atoms with Crippen LogP contribution in [-0.2, 0) is 4.28 Å². The van der Waals surface area contributed by atoms with Gasteiger partial charge in [0.1, 0.15) is 5.75 Å². The highest BCUT2D eigenvalue weighted by Gasteiger charge is 2.38. The van der Waals surface area contributed by atoms with Crippen molar-refractivity contribution in [2.45, 2.75) is 26.4 Å². The first-order chi connectivity index (χ1) is 10.2. The Morgan fingerprint density at radius 2 is 1.77 bits per heavy atom. The van der Waals surface area contributed by atoms with E-state index in [2.05, 4.69) is 9.44 Å². The van der Waals surface area contributed by atoms with Crippen LogP contribution in [0.5, 0.6) is 5.75 Å². The van der Waals surface area contributed by atoms with E-state index in [-0.39, 0.29) is 11.3 Å². The molecule has 2 N–H and O–H groups in total. The van der Waals surface area contributed by atoms with Crippen molar-refractivity contribution in [3.8, 4) is 5.75 Å². The summed E-state index contributed by atoms with van der Waals surface area (Å²) in [4.78, 5) is 0. The van der Waals surface area contributed by atoms with E-state index < -0.39 is 22.8 Å². The van der Waals surface area contributed by atoms with E-state index in [0.29, 0.717) is 18.8 Å². The first-order valence-electron chi connectivity index (χ1n) is 6.52. The lowest BCUT2D eigenvalue weighted by Crippen LogP contribution is -2.24. The summed E-state index contributed by atoms with van der Waals surface area (Å²) in [6.45, 7) is 3.78. The molecule has 0 aliphatic heterocycles. The number of hydrogen-bond acceptors (Lipinski definition) is 5. The molecular weight excluding hydrogens is 323 g/mol. The van der Waals surface area contributed by atoms with Gasteiger partial charge in [-0.1, -0.05) is 12.1 Å². The highest BCUT2D eigenvalue weighted by Crippen LogP contribution is 2.41. The maximum Gasteiger partial charge on any atom is 0.437 e. The Bertz CT molecular complexity index is 503. The molecule has 9 heteroatoms. The van der Waals surface area contributed by atoms with Crippen molar-refractivity contribution in [2.75, 3.05) is 12.4 Å². The van der Waals surface area contributed by atoms with Crippen LogP contribution in [0.4, 0.5) is 13.2 Å². The fraction of sp³-hybridized carbons (Fsp3) is 0.462. The number of hydrogen-bond donors (Lipinski definition) is 2. The smallest absolute Gasteiger partial charge is 0.437 e. The van der Waals surface area contributed by atoms with E-state index in [0.717, 1.165) is 0 Å². The molecule has 0 unspecified atom stereocenters. The number of nitrogens with zero attached hydrogens (tertiary/aromatic N) is 1. The number of rotatable bonds is 7. The van der Waals surface area contributed by atoms with Crippen LogP contribution in [0.1, 0.15) is 25.8 Å². The average molecular weight is 341 g/mol. The third-order valence-corrected chi connectivity index (χ3v) is 3.68. The number of halogens is 3. The molecule has 5 nitrogen and oxygen atoms in total. The highest BCUT2D eigenvalue weighted by atomic mass is 32.3. The Morgan fingerprint density at radius 3 is 2.23 bits per heavy atom. The monoisotopic (exact) mass is 341 g/mol. The van der Waals surface area contributed by atoms with Crippen molar-refractivity contribution >= 4 is 16.6 Å². The molecule has 0 heterocycles. The topological polar surface area (TPSA) is 71.3 Å². The van der Waals surface area contributed by atoms with Gasteiger partial charge in [-0.15, -0.1) is 0 Å². The highest BCUT2D eigenvalue weighted by molar-refractivity contribution is 8.20.